The van der Waals surface area contributed by atoms with Crippen LogP contribution in [0.25, 0.3) is 0 Å². The van der Waals surface area contributed by atoms with Crippen LogP contribution in [0.5, 0.6) is 0 Å². The number of hydrogen-bond donors (Lipinski definition) is 4. The van der Waals surface area contributed by atoms with Gasteiger partial charge in [0.1, 0.15) is 0 Å². The van der Waals surface area contributed by atoms with Crippen molar-refractivity contribution in [3.05, 3.63) is 48.6 Å². The van der Waals surface area contributed by atoms with Gasteiger partial charge in [-0.2, -0.15) is 0 Å². The third-order valence-electron chi connectivity index (χ3n) is 2.07. The van der Waals surface area contributed by atoms with Gasteiger partial charge in [-0.1, -0.05) is 36.4 Å². The van der Waals surface area contributed by atoms with E-state index in [-0.39, 0.29) is 5.11 Å². The third-order valence-corrected chi connectivity index (χ3v) is 2.32. The van der Waals surface area contributed by atoms with Gasteiger partial charge in [0, 0.05) is 6.54 Å². The fourth-order valence-electron chi connectivity index (χ4n) is 1.18. The molecule has 0 spiro atoms. The zero-order valence-electron chi connectivity index (χ0n) is 9.72. The summed E-state index contributed by atoms with van der Waals surface area (Å²) in [6.45, 7) is 4.01. The van der Waals surface area contributed by atoms with Gasteiger partial charge < -0.3 is 10.4 Å². The molecule has 1 rings (SSSR count). The number of hydrazine groups is 1. The topological polar surface area (TPSA) is 73.4 Å². The summed E-state index contributed by atoms with van der Waals surface area (Å²) >= 11 is 4.87. The lowest BCUT2D eigenvalue weighted by molar-refractivity contribution is -0.130. The Morgan fingerprint density at radius 1 is 1.39 bits per heavy atom. The van der Waals surface area contributed by atoms with Crippen LogP contribution in [0.4, 0.5) is 0 Å². The van der Waals surface area contributed by atoms with Crippen molar-refractivity contribution in [1.29, 1.82) is 0 Å². The molecule has 0 heterocycles. The van der Waals surface area contributed by atoms with Gasteiger partial charge in [-0.3, -0.25) is 15.6 Å². The Kier molecular flexibility index (Phi) is 5.83. The minimum absolute atomic E-state index is 0.253. The van der Waals surface area contributed by atoms with Crippen molar-refractivity contribution >= 4 is 23.2 Å². The van der Waals surface area contributed by atoms with Gasteiger partial charge in [0.2, 0.25) is 0 Å². The zero-order valence-corrected chi connectivity index (χ0v) is 10.5. The summed E-state index contributed by atoms with van der Waals surface area (Å²) < 4.78 is 0. The Balaban J connectivity index is 2.41. The molecule has 1 aromatic rings. The molecule has 1 aromatic carbocycles. The monoisotopic (exact) mass is 265 g/mol. The molecule has 1 amide bonds. The van der Waals surface area contributed by atoms with Crippen molar-refractivity contribution in [2.24, 2.45) is 0 Å². The maximum atomic E-state index is 11.6. The van der Waals surface area contributed by atoms with Crippen LogP contribution in [0.1, 0.15) is 11.7 Å². The maximum Gasteiger partial charge on any atom is 0.271 e. The van der Waals surface area contributed by atoms with Crippen LogP contribution >= 0.6 is 12.2 Å². The minimum Gasteiger partial charge on any atom is -0.378 e. The molecule has 6 heteroatoms. The number of rotatable bonds is 4. The van der Waals surface area contributed by atoms with E-state index in [2.05, 4.69) is 22.7 Å². The average Bonchev–Trinajstić information content (AvgIpc) is 2.42. The summed E-state index contributed by atoms with van der Waals surface area (Å²) in [4.78, 5) is 11.6. The molecule has 0 aliphatic heterocycles. The molecule has 4 N–H and O–H groups in total. The molecule has 0 aliphatic carbocycles. The van der Waals surface area contributed by atoms with Crippen molar-refractivity contribution in [3.63, 3.8) is 0 Å². The highest BCUT2D eigenvalue weighted by molar-refractivity contribution is 7.80. The van der Waals surface area contributed by atoms with Gasteiger partial charge >= 0.3 is 0 Å². The molecular weight excluding hydrogens is 250 g/mol. The minimum atomic E-state index is -1.24. The summed E-state index contributed by atoms with van der Waals surface area (Å²) in [6.07, 6.45) is 0.398. The number of benzene rings is 1. The summed E-state index contributed by atoms with van der Waals surface area (Å²) in [7, 11) is 0. The van der Waals surface area contributed by atoms with Gasteiger partial charge in [0.25, 0.3) is 5.91 Å². The highest BCUT2D eigenvalue weighted by Crippen LogP contribution is 2.11. The Labute approximate surface area is 111 Å². The fraction of sp³-hybridized carbons (Fsp3) is 0.167. The van der Waals surface area contributed by atoms with E-state index in [0.29, 0.717) is 12.1 Å². The first-order chi connectivity index (χ1) is 8.65. The van der Waals surface area contributed by atoms with E-state index in [9.17, 15) is 9.90 Å². The molecule has 0 saturated heterocycles. The molecule has 5 nitrogen and oxygen atoms in total. The summed E-state index contributed by atoms with van der Waals surface area (Å²) in [5.41, 5.74) is 5.31. The van der Waals surface area contributed by atoms with E-state index >= 15 is 0 Å². The lowest BCUT2D eigenvalue weighted by Gasteiger charge is -2.14. The summed E-state index contributed by atoms with van der Waals surface area (Å²) in [5, 5.41) is 12.8. The van der Waals surface area contributed by atoms with Crippen LogP contribution in [0.3, 0.4) is 0 Å². The molecule has 0 aliphatic rings. The molecule has 0 aromatic heterocycles. The summed E-state index contributed by atoms with van der Waals surface area (Å²) in [5.74, 6) is -0.580. The standard InChI is InChI=1S/C12H15N3O2S/c1-2-8-13-12(18)15-14-11(17)10(16)9-6-4-3-5-7-9/h2-7,10,16H,1,8H2,(H,14,17)(H2,13,15,18)/t10-/m0/s1. The van der Waals surface area contributed by atoms with E-state index in [0.717, 1.165) is 0 Å². The van der Waals surface area contributed by atoms with Gasteiger partial charge in [0.05, 0.1) is 0 Å². The number of hydrogen-bond acceptors (Lipinski definition) is 3. The van der Waals surface area contributed by atoms with Crippen molar-refractivity contribution in [2.75, 3.05) is 6.54 Å². The number of thiocarbonyl (C=S) groups is 1. The number of carbonyl (C=O) groups excluding carboxylic acids is 1. The smallest absolute Gasteiger partial charge is 0.271 e. The predicted molar refractivity (Wildman–Crippen MR) is 73.5 cm³/mol. The fourth-order valence-corrected chi connectivity index (χ4v) is 1.32. The van der Waals surface area contributed by atoms with Gasteiger partial charge in [0.15, 0.2) is 11.2 Å². The van der Waals surface area contributed by atoms with Crippen LogP contribution in [0.2, 0.25) is 0 Å². The molecule has 18 heavy (non-hydrogen) atoms. The van der Waals surface area contributed by atoms with Gasteiger partial charge in [-0.15, -0.1) is 6.58 Å². The third kappa shape index (κ3) is 4.52. The lowest BCUT2D eigenvalue weighted by atomic mass is 10.1. The average molecular weight is 265 g/mol. The number of aliphatic hydroxyl groups excluding tert-OH is 1. The number of aliphatic hydroxyl groups is 1. The second-order valence-corrected chi connectivity index (χ2v) is 3.83. The molecular formula is C12H15N3O2S. The first-order valence-corrected chi connectivity index (χ1v) is 5.73. The van der Waals surface area contributed by atoms with Crippen LogP contribution < -0.4 is 16.2 Å². The quantitative estimate of drug-likeness (QED) is 0.360. The van der Waals surface area contributed by atoms with E-state index in [1.807, 2.05) is 0 Å². The molecule has 0 fully saturated rings. The van der Waals surface area contributed by atoms with Gasteiger partial charge in [-0.05, 0) is 17.8 Å². The molecule has 0 bridgehead atoms. The maximum absolute atomic E-state index is 11.6. The molecule has 0 saturated carbocycles. The largest absolute Gasteiger partial charge is 0.378 e. The Hall–Kier alpha value is -1.92. The Morgan fingerprint density at radius 2 is 2.06 bits per heavy atom. The SMILES string of the molecule is C=CCNC(=S)NNC(=O)[C@@H](O)c1ccccc1. The lowest BCUT2D eigenvalue weighted by Crippen LogP contribution is -2.48. The van der Waals surface area contributed by atoms with Crippen molar-refractivity contribution in [1.82, 2.24) is 16.2 Å². The van der Waals surface area contributed by atoms with E-state index in [1.165, 1.54) is 0 Å². The normalized spacial score (nSPS) is 11.2. The van der Waals surface area contributed by atoms with Gasteiger partial charge in [-0.25, -0.2) is 0 Å². The molecule has 0 radical (unpaired) electrons. The van der Waals surface area contributed by atoms with Crippen LogP contribution in [-0.2, 0) is 4.79 Å². The van der Waals surface area contributed by atoms with Crippen LogP contribution in [0, 0.1) is 0 Å². The number of carbonyl (C=O) groups is 1. The zero-order chi connectivity index (χ0) is 13.4. The summed E-state index contributed by atoms with van der Waals surface area (Å²) in [6, 6.07) is 8.63. The highest BCUT2D eigenvalue weighted by Gasteiger charge is 2.16. The van der Waals surface area contributed by atoms with E-state index in [1.54, 1.807) is 36.4 Å². The van der Waals surface area contributed by atoms with Crippen LogP contribution in [0.15, 0.2) is 43.0 Å². The van der Waals surface area contributed by atoms with Crippen molar-refractivity contribution in [2.45, 2.75) is 6.10 Å². The van der Waals surface area contributed by atoms with E-state index < -0.39 is 12.0 Å². The second-order valence-electron chi connectivity index (χ2n) is 3.43. The van der Waals surface area contributed by atoms with E-state index in [4.69, 9.17) is 12.2 Å². The molecule has 0 unspecified atom stereocenters. The Bertz CT molecular complexity index is 423. The second kappa shape index (κ2) is 7.41. The molecule has 96 valence electrons. The van der Waals surface area contributed by atoms with Crippen molar-refractivity contribution < 1.29 is 9.90 Å². The highest BCUT2D eigenvalue weighted by atomic mass is 32.1. The first kappa shape index (κ1) is 14.1. The van der Waals surface area contributed by atoms with Crippen LogP contribution in [-0.4, -0.2) is 22.7 Å². The predicted octanol–water partition coefficient (Wildman–Crippen LogP) is 0.401. The number of nitrogens with one attached hydrogen (secondary N) is 3. The Morgan fingerprint density at radius 3 is 2.67 bits per heavy atom. The first-order valence-electron chi connectivity index (χ1n) is 5.32. The number of amides is 1. The van der Waals surface area contributed by atoms with Crippen molar-refractivity contribution in [3.8, 4) is 0 Å². The molecule has 1 atom stereocenters.